The van der Waals surface area contributed by atoms with Crippen molar-refractivity contribution in [1.82, 2.24) is 25.0 Å². The van der Waals surface area contributed by atoms with Gasteiger partial charge >= 0.3 is 0 Å². The summed E-state index contributed by atoms with van der Waals surface area (Å²) in [5.74, 6) is 1.42. The summed E-state index contributed by atoms with van der Waals surface area (Å²) in [5, 5.41) is 7.39. The van der Waals surface area contributed by atoms with E-state index in [1.54, 1.807) is 23.1 Å². The second-order valence-electron chi connectivity index (χ2n) is 6.72. The number of halogens is 1. The Balaban J connectivity index is 2.14. The SMILES string of the molecule is CCNC(=NCC(C)(C)c1cccc(F)c1)N(C)Cc1ncnn1C. The van der Waals surface area contributed by atoms with E-state index in [0.29, 0.717) is 13.1 Å². The van der Waals surface area contributed by atoms with Gasteiger partial charge in [0.15, 0.2) is 5.96 Å². The van der Waals surface area contributed by atoms with E-state index >= 15 is 0 Å². The first-order valence-electron chi connectivity index (χ1n) is 8.42. The van der Waals surface area contributed by atoms with Gasteiger partial charge < -0.3 is 10.2 Å². The molecule has 1 aromatic heterocycles. The molecule has 0 saturated carbocycles. The third kappa shape index (κ3) is 5.01. The molecule has 0 atom stereocenters. The predicted molar refractivity (Wildman–Crippen MR) is 97.9 cm³/mol. The van der Waals surface area contributed by atoms with E-state index in [-0.39, 0.29) is 11.2 Å². The number of hydrogen-bond donors (Lipinski definition) is 1. The smallest absolute Gasteiger partial charge is 0.194 e. The number of hydrogen-bond acceptors (Lipinski definition) is 3. The molecule has 136 valence electrons. The molecule has 2 aromatic rings. The molecule has 0 fully saturated rings. The number of nitrogens with one attached hydrogen (secondary N) is 1. The van der Waals surface area contributed by atoms with Crippen LogP contribution in [-0.4, -0.2) is 45.8 Å². The van der Waals surface area contributed by atoms with Crippen molar-refractivity contribution >= 4 is 5.96 Å². The third-order valence-electron chi connectivity index (χ3n) is 4.11. The van der Waals surface area contributed by atoms with Crippen LogP contribution < -0.4 is 5.32 Å². The average Bonchev–Trinajstić information content (AvgIpc) is 2.96. The normalized spacial score (nSPS) is 12.3. The van der Waals surface area contributed by atoms with Crippen molar-refractivity contribution in [3.05, 3.63) is 47.8 Å². The van der Waals surface area contributed by atoms with Gasteiger partial charge in [-0.2, -0.15) is 5.10 Å². The summed E-state index contributed by atoms with van der Waals surface area (Å²) in [7, 11) is 3.83. The van der Waals surface area contributed by atoms with E-state index in [4.69, 9.17) is 4.99 Å². The number of aromatic nitrogens is 3. The molecular formula is C18H27FN6. The van der Waals surface area contributed by atoms with Crippen LogP contribution >= 0.6 is 0 Å². The minimum atomic E-state index is -0.269. The van der Waals surface area contributed by atoms with E-state index in [0.717, 1.165) is 23.9 Å². The van der Waals surface area contributed by atoms with Crippen molar-refractivity contribution < 1.29 is 4.39 Å². The van der Waals surface area contributed by atoms with Crippen LogP contribution in [0, 0.1) is 5.82 Å². The van der Waals surface area contributed by atoms with Crippen LogP contribution in [0.1, 0.15) is 32.2 Å². The van der Waals surface area contributed by atoms with Gasteiger partial charge in [0.25, 0.3) is 0 Å². The molecule has 7 heteroatoms. The van der Waals surface area contributed by atoms with Crippen molar-refractivity contribution in [3.63, 3.8) is 0 Å². The summed E-state index contributed by atoms with van der Waals surface area (Å²) in [5.41, 5.74) is 0.664. The van der Waals surface area contributed by atoms with Gasteiger partial charge in [0, 0.05) is 26.1 Å². The highest BCUT2D eigenvalue weighted by Crippen LogP contribution is 2.24. The fourth-order valence-electron chi connectivity index (χ4n) is 2.49. The van der Waals surface area contributed by atoms with Gasteiger partial charge in [-0.25, -0.2) is 9.37 Å². The third-order valence-corrected chi connectivity index (χ3v) is 4.11. The Morgan fingerprint density at radius 2 is 2.16 bits per heavy atom. The van der Waals surface area contributed by atoms with Crippen LogP contribution in [0.25, 0.3) is 0 Å². The summed E-state index contributed by atoms with van der Waals surface area (Å²) in [4.78, 5) is 11.0. The Hall–Kier alpha value is -2.44. The van der Waals surface area contributed by atoms with Gasteiger partial charge in [-0.1, -0.05) is 26.0 Å². The quantitative estimate of drug-likeness (QED) is 0.644. The van der Waals surface area contributed by atoms with Crippen LogP contribution in [-0.2, 0) is 19.0 Å². The Morgan fingerprint density at radius 1 is 1.40 bits per heavy atom. The molecule has 0 bridgehead atoms. The van der Waals surface area contributed by atoms with Gasteiger partial charge in [0.2, 0.25) is 0 Å². The molecule has 1 N–H and O–H groups in total. The average molecular weight is 346 g/mol. The summed E-state index contributed by atoms with van der Waals surface area (Å²) < 4.78 is 15.3. The fraction of sp³-hybridized carbons (Fsp3) is 0.500. The molecule has 0 unspecified atom stereocenters. The van der Waals surface area contributed by atoms with Gasteiger partial charge in [-0.15, -0.1) is 0 Å². The van der Waals surface area contributed by atoms with Gasteiger partial charge in [0.05, 0.1) is 13.1 Å². The van der Waals surface area contributed by atoms with Crippen molar-refractivity contribution in [2.24, 2.45) is 12.0 Å². The van der Waals surface area contributed by atoms with E-state index in [2.05, 4.69) is 29.2 Å². The summed E-state index contributed by atoms with van der Waals surface area (Å²) >= 11 is 0. The molecule has 0 aliphatic rings. The Labute approximate surface area is 148 Å². The zero-order valence-corrected chi connectivity index (χ0v) is 15.6. The Bertz CT molecular complexity index is 722. The molecule has 0 aliphatic heterocycles. The van der Waals surface area contributed by atoms with E-state index in [1.165, 1.54) is 6.07 Å². The maximum Gasteiger partial charge on any atom is 0.194 e. The maximum atomic E-state index is 13.5. The van der Waals surface area contributed by atoms with E-state index < -0.39 is 0 Å². The molecule has 25 heavy (non-hydrogen) atoms. The summed E-state index contributed by atoms with van der Waals surface area (Å²) in [6, 6.07) is 6.71. The van der Waals surface area contributed by atoms with Crippen molar-refractivity contribution in [2.75, 3.05) is 20.1 Å². The number of aryl methyl sites for hydroxylation is 1. The molecule has 1 heterocycles. The number of benzene rings is 1. The minimum absolute atomic E-state index is 0.221. The van der Waals surface area contributed by atoms with Crippen LogP contribution in [0.3, 0.4) is 0 Å². The lowest BCUT2D eigenvalue weighted by molar-refractivity contribution is 0.442. The monoisotopic (exact) mass is 346 g/mol. The minimum Gasteiger partial charge on any atom is -0.357 e. The second kappa shape index (κ2) is 8.09. The van der Waals surface area contributed by atoms with Gasteiger partial charge in [0.1, 0.15) is 18.0 Å². The fourth-order valence-corrected chi connectivity index (χ4v) is 2.49. The number of guanidine groups is 1. The van der Waals surface area contributed by atoms with Gasteiger partial charge in [-0.05, 0) is 24.6 Å². The first-order valence-corrected chi connectivity index (χ1v) is 8.42. The molecular weight excluding hydrogens is 319 g/mol. The Kier molecular flexibility index (Phi) is 6.12. The highest BCUT2D eigenvalue weighted by molar-refractivity contribution is 5.79. The molecule has 0 saturated heterocycles. The molecule has 0 aliphatic carbocycles. The molecule has 0 radical (unpaired) electrons. The van der Waals surface area contributed by atoms with Crippen LogP contribution in [0.5, 0.6) is 0 Å². The largest absolute Gasteiger partial charge is 0.357 e. The highest BCUT2D eigenvalue weighted by Gasteiger charge is 2.21. The van der Waals surface area contributed by atoms with Gasteiger partial charge in [-0.3, -0.25) is 9.67 Å². The molecule has 2 rings (SSSR count). The standard InChI is InChI=1S/C18H27FN6/c1-6-20-17(24(4)11-16-22-13-23-25(16)5)21-12-18(2,3)14-8-7-9-15(19)10-14/h7-10,13H,6,11-12H2,1-5H3,(H,20,21). The molecule has 0 amide bonds. The van der Waals surface area contributed by atoms with Crippen LogP contribution in [0.4, 0.5) is 4.39 Å². The van der Waals surface area contributed by atoms with E-state index in [1.807, 2.05) is 32.0 Å². The van der Waals surface area contributed by atoms with Crippen LogP contribution in [0.2, 0.25) is 0 Å². The topological polar surface area (TPSA) is 58.3 Å². The first-order chi connectivity index (χ1) is 11.8. The number of rotatable bonds is 6. The predicted octanol–water partition coefficient (Wildman–Crippen LogP) is 2.33. The lowest BCUT2D eigenvalue weighted by Gasteiger charge is -2.26. The first kappa shape index (κ1) is 18.9. The zero-order valence-electron chi connectivity index (χ0n) is 15.6. The maximum absolute atomic E-state index is 13.5. The second-order valence-corrected chi connectivity index (χ2v) is 6.72. The van der Waals surface area contributed by atoms with Crippen molar-refractivity contribution in [3.8, 4) is 0 Å². The molecule has 1 aromatic carbocycles. The lowest BCUT2D eigenvalue weighted by atomic mass is 9.85. The number of aliphatic imine (C=N–C) groups is 1. The zero-order chi connectivity index (χ0) is 18.4. The molecule has 6 nitrogen and oxygen atoms in total. The summed E-state index contributed by atoms with van der Waals surface area (Å²) in [6.45, 7) is 8.07. The molecule has 0 spiro atoms. The lowest BCUT2D eigenvalue weighted by Crippen LogP contribution is -2.40. The summed E-state index contributed by atoms with van der Waals surface area (Å²) in [6.07, 6.45) is 1.54. The Morgan fingerprint density at radius 3 is 2.76 bits per heavy atom. The number of nitrogens with zero attached hydrogens (tertiary/aromatic N) is 5. The highest BCUT2D eigenvalue weighted by atomic mass is 19.1. The van der Waals surface area contributed by atoms with E-state index in [9.17, 15) is 4.39 Å². The van der Waals surface area contributed by atoms with Crippen LogP contribution in [0.15, 0.2) is 35.6 Å². The van der Waals surface area contributed by atoms with Crippen molar-refractivity contribution in [1.29, 1.82) is 0 Å². The van der Waals surface area contributed by atoms with Crippen molar-refractivity contribution in [2.45, 2.75) is 32.7 Å².